The Balaban J connectivity index is 2.14. The fourth-order valence-corrected chi connectivity index (χ4v) is 2.41. The molecule has 5 heteroatoms. The van der Waals surface area contributed by atoms with Gasteiger partial charge < -0.3 is 14.8 Å². The summed E-state index contributed by atoms with van der Waals surface area (Å²) in [7, 11) is 1.66. The Labute approximate surface area is 124 Å². The third-order valence-corrected chi connectivity index (χ3v) is 3.65. The van der Waals surface area contributed by atoms with E-state index in [9.17, 15) is 9.59 Å². The maximum Gasteiger partial charge on any atom is 0.256 e. The van der Waals surface area contributed by atoms with E-state index in [1.165, 1.54) is 4.90 Å². The SMILES string of the molecule is CCN(CC)C(=O)CN(C)C(=O)c1c[nH]c2ccccc12. The van der Waals surface area contributed by atoms with Gasteiger partial charge in [0.1, 0.15) is 0 Å². The second-order valence-electron chi connectivity index (χ2n) is 4.98. The molecule has 2 amide bonds. The maximum absolute atomic E-state index is 12.5. The molecule has 0 bridgehead atoms. The van der Waals surface area contributed by atoms with Gasteiger partial charge in [0, 0.05) is 37.2 Å². The van der Waals surface area contributed by atoms with Crippen LogP contribution in [-0.4, -0.2) is 53.3 Å². The van der Waals surface area contributed by atoms with Crippen LogP contribution in [0.1, 0.15) is 24.2 Å². The van der Waals surface area contributed by atoms with Crippen LogP contribution >= 0.6 is 0 Å². The lowest BCUT2D eigenvalue weighted by Crippen LogP contribution is -2.41. The van der Waals surface area contributed by atoms with Crippen molar-refractivity contribution in [1.82, 2.24) is 14.8 Å². The first-order valence-corrected chi connectivity index (χ1v) is 7.17. The number of hydrogen-bond donors (Lipinski definition) is 1. The molecule has 0 atom stereocenters. The number of aromatic nitrogens is 1. The van der Waals surface area contributed by atoms with Crippen molar-refractivity contribution in [3.05, 3.63) is 36.0 Å². The zero-order chi connectivity index (χ0) is 15.4. The highest BCUT2D eigenvalue weighted by Crippen LogP contribution is 2.18. The highest BCUT2D eigenvalue weighted by Gasteiger charge is 2.20. The van der Waals surface area contributed by atoms with Crippen LogP contribution in [0.3, 0.4) is 0 Å². The van der Waals surface area contributed by atoms with Crippen molar-refractivity contribution in [3.8, 4) is 0 Å². The van der Waals surface area contributed by atoms with Crippen molar-refractivity contribution in [2.75, 3.05) is 26.7 Å². The zero-order valence-corrected chi connectivity index (χ0v) is 12.7. The van der Waals surface area contributed by atoms with Gasteiger partial charge in [-0.05, 0) is 19.9 Å². The molecule has 1 aromatic carbocycles. The molecule has 2 rings (SSSR count). The van der Waals surface area contributed by atoms with Crippen molar-refractivity contribution in [2.24, 2.45) is 0 Å². The molecule has 0 fully saturated rings. The fourth-order valence-electron chi connectivity index (χ4n) is 2.41. The van der Waals surface area contributed by atoms with Crippen molar-refractivity contribution in [2.45, 2.75) is 13.8 Å². The monoisotopic (exact) mass is 287 g/mol. The highest BCUT2D eigenvalue weighted by atomic mass is 16.2. The third-order valence-electron chi connectivity index (χ3n) is 3.65. The number of nitrogens with zero attached hydrogens (tertiary/aromatic N) is 2. The van der Waals surface area contributed by atoms with E-state index in [1.54, 1.807) is 18.1 Å². The summed E-state index contributed by atoms with van der Waals surface area (Å²) in [6.45, 7) is 5.28. The van der Waals surface area contributed by atoms with Gasteiger partial charge in [0.25, 0.3) is 5.91 Å². The summed E-state index contributed by atoms with van der Waals surface area (Å²) in [5.41, 5.74) is 1.52. The smallest absolute Gasteiger partial charge is 0.256 e. The number of hydrogen-bond acceptors (Lipinski definition) is 2. The average molecular weight is 287 g/mol. The number of carbonyl (C=O) groups is 2. The molecule has 0 spiro atoms. The molecule has 21 heavy (non-hydrogen) atoms. The highest BCUT2D eigenvalue weighted by molar-refractivity contribution is 6.07. The minimum Gasteiger partial charge on any atom is -0.360 e. The lowest BCUT2D eigenvalue weighted by Gasteiger charge is -2.23. The number of aromatic amines is 1. The summed E-state index contributed by atoms with van der Waals surface area (Å²) in [4.78, 5) is 30.8. The summed E-state index contributed by atoms with van der Waals surface area (Å²) < 4.78 is 0. The normalized spacial score (nSPS) is 10.6. The van der Waals surface area contributed by atoms with E-state index >= 15 is 0 Å². The van der Waals surface area contributed by atoms with Gasteiger partial charge in [0.05, 0.1) is 12.1 Å². The molecule has 0 saturated heterocycles. The Morgan fingerprint density at radius 3 is 2.48 bits per heavy atom. The Kier molecular flexibility index (Phi) is 4.62. The van der Waals surface area contributed by atoms with E-state index in [0.717, 1.165) is 10.9 Å². The number of para-hydroxylation sites is 1. The first kappa shape index (κ1) is 15.1. The number of benzene rings is 1. The van der Waals surface area contributed by atoms with Crippen LogP contribution in [-0.2, 0) is 4.79 Å². The molecule has 2 aromatic rings. The van der Waals surface area contributed by atoms with Crippen molar-refractivity contribution in [3.63, 3.8) is 0 Å². The van der Waals surface area contributed by atoms with E-state index in [4.69, 9.17) is 0 Å². The molecule has 0 radical (unpaired) electrons. The summed E-state index contributed by atoms with van der Waals surface area (Å²) >= 11 is 0. The lowest BCUT2D eigenvalue weighted by atomic mass is 10.1. The van der Waals surface area contributed by atoms with Crippen LogP contribution in [0.5, 0.6) is 0 Å². The van der Waals surface area contributed by atoms with Crippen LogP contribution in [0.4, 0.5) is 0 Å². The van der Waals surface area contributed by atoms with E-state index in [0.29, 0.717) is 18.7 Å². The van der Waals surface area contributed by atoms with Gasteiger partial charge in [0.2, 0.25) is 5.91 Å². The Morgan fingerprint density at radius 2 is 1.81 bits per heavy atom. The van der Waals surface area contributed by atoms with Gasteiger partial charge in [-0.2, -0.15) is 0 Å². The predicted molar refractivity (Wildman–Crippen MR) is 83.2 cm³/mol. The maximum atomic E-state index is 12.5. The largest absolute Gasteiger partial charge is 0.360 e. The second kappa shape index (κ2) is 6.43. The van der Waals surface area contributed by atoms with E-state index in [-0.39, 0.29) is 18.4 Å². The number of carbonyl (C=O) groups excluding carboxylic acids is 2. The van der Waals surface area contributed by atoms with E-state index in [2.05, 4.69) is 4.98 Å². The topological polar surface area (TPSA) is 56.4 Å². The number of likely N-dealkylation sites (N-methyl/N-ethyl adjacent to an activating group) is 2. The second-order valence-corrected chi connectivity index (χ2v) is 4.98. The molecule has 112 valence electrons. The molecule has 0 aliphatic rings. The molecule has 1 N–H and O–H groups in total. The van der Waals surface area contributed by atoms with Crippen molar-refractivity contribution < 1.29 is 9.59 Å². The quantitative estimate of drug-likeness (QED) is 0.915. The van der Waals surface area contributed by atoms with E-state index < -0.39 is 0 Å². The van der Waals surface area contributed by atoms with Crippen LogP contribution in [0.25, 0.3) is 10.9 Å². The van der Waals surface area contributed by atoms with Gasteiger partial charge in [-0.25, -0.2) is 0 Å². The summed E-state index contributed by atoms with van der Waals surface area (Å²) in [6, 6.07) is 7.64. The van der Waals surface area contributed by atoms with Crippen LogP contribution in [0.2, 0.25) is 0 Å². The molecule has 0 aliphatic carbocycles. The van der Waals surface area contributed by atoms with Crippen LogP contribution in [0, 0.1) is 0 Å². The lowest BCUT2D eigenvalue weighted by molar-refractivity contribution is -0.131. The van der Waals surface area contributed by atoms with Crippen molar-refractivity contribution >= 4 is 22.7 Å². The minimum atomic E-state index is -0.145. The Hall–Kier alpha value is -2.30. The van der Waals surface area contributed by atoms with Gasteiger partial charge in [-0.3, -0.25) is 9.59 Å². The standard InChI is InChI=1S/C16H21N3O2/c1-4-19(5-2)15(20)11-18(3)16(21)13-10-17-14-9-7-6-8-12(13)14/h6-10,17H,4-5,11H2,1-3H3. The molecule has 1 heterocycles. The zero-order valence-electron chi connectivity index (χ0n) is 12.7. The minimum absolute atomic E-state index is 0.0318. The molecule has 0 aliphatic heterocycles. The van der Waals surface area contributed by atoms with Gasteiger partial charge in [-0.1, -0.05) is 18.2 Å². The summed E-state index contributed by atoms with van der Waals surface area (Å²) in [5.74, 6) is -0.177. The van der Waals surface area contributed by atoms with E-state index in [1.807, 2.05) is 38.1 Å². The van der Waals surface area contributed by atoms with Gasteiger partial charge in [-0.15, -0.1) is 0 Å². The summed E-state index contributed by atoms with van der Waals surface area (Å²) in [6.07, 6.45) is 1.70. The third kappa shape index (κ3) is 3.07. The van der Waals surface area contributed by atoms with Gasteiger partial charge in [0.15, 0.2) is 0 Å². The first-order chi connectivity index (χ1) is 10.1. The molecule has 0 unspecified atom stereocenters. The fraction of sp³-hybridized carbons (Fsp3) is 0.375. The summed E-state index contributed by atoms with van der Waals surface area (Å²) in [5, 5.41) is 0.879. The molecule has 1 aromatic heterocycles. The number of fused-ring (bicyclic) bond motifs is 1. The predicted octanol–water partition coefficient (Wildman–Crippen LogP) is 2.11. The molecule has 5 nitrogen and oxygen atoms in total. The van der Waals surface area contributed by atoms with Crippen LogP contribution in [0.15, 0.2) is 30.5 Å². The average Bonchev–Trinajstić information content (AvgIpc) is 2.91. The molecule has 0 saturated carbocycles. The van der Waals surface area contributed by atoms with Crippen LogP contribution < -0.4 is 0 Å². The van der Waals surface area contributed by atoms with Crippen molar-refractivity contribution in [1.29, 1.82) is 0 Å². The first-order valence-electron chi connectivity index (χ1n) is 7.17. The number of nitrogens with one attached hydrogen (secondary N) is 1. The number of amides is 2. The Morgan fingerprint density at radius 1 is 1.14 bits per heavy atom. The molecular weight excluding hydrogens is 266 g/mol. The molecular formula is C16H21N3O2. The number of H-pyrrole nitrogens is 1. The van der Waals surface area contributed by atoms with Gasteiger partial charge >= 0.3 is 0 Å². The Bertz CT molecular complexity index is 644. The number of rotatable bonds is 5.